The number of rotatable bonds is 8. The number of anilines is 1. The Hall–Kier alpha value is -2.71. The topological polar surface area (TPSA) is 73.1 Å². The number of amides is 1. The van der Waals surface area contributed by atoms with Crippen LogP contribution < -0.4 is 4.90 Å². The highest BCUT2D eigenvalue weighted by Gasteiger charge is 2.17. The van der Waals surface area contributed by atoms with Gasteiger partial charge in [-0.25, -0.2) is 0 Å². The van der Waals surface area contributed by atoms with Crippen LogP contribution in [0.5, 0.6) is 0 Å². The standard InChI is InChI=1S/C19H21N5O2S/c1-23(16-6-4-3-5-7-16)17(25)14-27-19-22-21-18(24(19)12-13-26-2)15-8-10-20-11-9-15/h3-11H,12-14H2,1-2H3. The summed E-state index contributed by atoms with van der Waals surface area (Å²) in [6.45, 7) is 1.13. The first-order valence-corrected chi connectivity index (χ1v) is 9.46. The van der Waals surface area contributed by atoms with E-state index in [-0.39, 0.29) is 11.7 Å². The van der Waals surface area contributed by atoms with E-state index in [2.05, 4.69) is 15.2 Å². The summed E-state index contributed by atoms with van der Waals surface area (Å²) in [6, 6.07) is 13.3. The second-order valence-electron chi connectivity index (χ2n) is 5.76. The summed E-state index contributed by atoms with van der Waals surface area (Å²) in [5.41, 5.74) is 1.79. The summed E-state index contributed by atoms with van der Waals surface area (Å²) in [7, 11) is 3.43. The number of carbonyl (C=O) groups is 1. The van der Waals surface area contributed by atoms with E-state index >= 15 is 0 Å². The fraction of sp³-hybridized carbons (Fsp3) is 0.263. The molecule has 140 valence electrons. The van der Waals surface area contributed by atoms with Crippen molar-refractivity contribution in [3.63, 3.8) is 0 Å². The van der Waals surface area contributed by atoms with Crippen molar-refractivity contribution in [2.45, 2.75) is 11.7 Å². The maximum Gasteiger partial charge on any atom is 0.237 e. The summed E-state index contributed by atoms with van der Waals surface area (Å²) < 4.78 is 7.18. The zero-order chi connectivity index (χ0) is 19.1. The van der Waals surface area contributed by atoms with Crippen LogP contribution in [0, 0.1) is 0 Å². The molecule has 8 heteroatoms. The minimum absolute atomic E-state index is 0.00190. The predicted molar refractivity (Wildman–Crippen MR) is 106 cm³/mol. The van der Waals surface area contributed by atoms with Crippen molar-refractivity contribution in [3.8, 4) is 11.4 Å². The third-order valence-corrected chi connectivity index (χ3v) is 4.97. The van der Waals surface area contributed by atoms with Gasteiger partial charge in [-0.2, -0.15) is 0 Å². The first-order valence-electron chi connectivity index (χ1n) is 8.47. The molecule has 0 spiro atoms. The first-order chi connectivity index (χ1) is 13.2. The SMILES string of the molecule is COCCn1c(SCC(=O)N(C)c2ccccc2)nnc1-c1ccncc1. The van der Waals surface area contributed by atoms with Gasteiger partial charge in [-0.1, -0.05) is 30.0 Å². The molecule has 0 aliphatic carbocycles. The number of benzene rings is 1. The number of nitrogens with zero attached hydrogens (tertiary/aromatic N) is 5. The molecule has 0 unspecified atom stereocenters. The number of ether oxygens (including phenoxy) is 1. The molecule has 0 N–H and O–H groups in total. The molecule has 3 aromatic rings. The summed E-state index contributed by atoms with van der Waals surface area (Å²) in [6.07, 6.45) is 3.44. The third kappa shape index (κ3) is 4.72. The lowest BCUT2D eigenvalue weighted by Crippen LogP contribution is -2.28. The van der Waals surface area contributed by atoms with Gasteiger partial charge in [-0.3, -0.25) is 14.3 Å². The van der Waals surface area contributed by atoms with Crippen LogP contribution in [-0.4, -0.2) is 52.2 Å². The van der Waals surface area contributed by atoms with E-state index in [4.69, 9.17) is 4.74 Å². The Bertz CT molecular complexity index is 870. The molecule has 0 radical (unpaired) electrons. The van der Waals surface area contributed by atoms with E-state index < -0.39 is 0 Å². The van der Waals surface area contributed by atoms with Gasteiger partial charge in [0.1, 0.15) is 0 Å². The average Bonchev–Trinajstić information content (AvgIpc) is 3.13. The number of aromatic nitrogens is 4. The molecule has 1 aromatic carbocycles. The number of methoxy groups -OCH3 is 1. The Balaban J connectivity index is 1.74. The second kappa shape index (κ2) is 9.29. The molecule has 7 nitrogen and oxygen atoms in total. The molecule has 0 saturated carbocycles. The van der Waals surface area contributed by atoms with Crippen molar-refractivity contribution < 1.29 is 9.53 Å². The molecule has 2 heterocycles. The molecule has 0 fully saturated rings. The van der Waals surface area contributed by atoms with Crippen LogP contribution in [0.25, 0.3) is 11.4 Å². The summed E-state index contributed by atoms with van der Waals surface area (Å²) in [5.74, 6) is 1.01. The van der Waals surface area contributed by atoms with Gasteiger partial charge >= 0.3 is 0 Å². The van der Waals surface area contributed by atoms with Crippen molar-refractivity contribution in [2.75, 3.05) is 31.4 Å². The van der Waals surface area contributed by atoms with Gasteiger partial charge in [0, 0.05) is 37.8 Å². The molecule has 0 aliphatic heterocycles. The van der Waals surface area contributed by atoms with Gasteiger partial charge in [-0.05, 0) is 24.3 Å². The fourth-order valence-corrected chi connectivity index (χ4v) is 3.39. The number of pyridine rings is 1. The lowest BCUT2D eigenvalue weighted by Gasteiger charge is -2.17. The van der Waals surface area contributed by atoms with E-state index in [0.29, 0.717) is 18.3 Å². The van der Waals surface area contributed by atoms with Crippen molar-refractivity contribution >= 4 is 23.4 Å². The molecule has 27 heavy (non-hydrogen) atoms. The maximum absolute atomic E-state index is 12.5. The highest BCUT2D eigenvalue weighted by atomic mass is 32.2. The molecule has 0 atom stereocenters. The van der Waals surface area contributed by atoms with Gasteiger partial charge in [0.15, 0.2) is 11.0 Å². The van der Waals surface area contributed by atoms with Crippen LogP contribution in [0.4, 0.5) is 5.69 Å². The maximum atomic E-state index is 12.5. The summed E-state index contributed by atoms with van der Waals surface area (Å²) >= 11 is 1.37. The van der Waals surface area contributed by atoms with Crippen LogP contribution in [-0.2, 0) is 16.1 Å². The molecule has 1 amide bonds. The smallest absolute Gasteiger partial charge is 0.237 e. The highest BCUT2D eigenvalue weighted by molar-refractivity contribution is 7.99. The molecule has 0 saturated heterocycles. The van der Waals surface area contributed by atoms with Crippen molar-refractivity contribution in [1.82, 2.24) is 19.7 Å². The minimum atomic E-state index is -0.00190. The van der Waals surface area contributed by atoms with Crippen molar-refractivity contribution in [1.29, 1.82) is 0 Å². The predicted octanol–water partition coefficient (Wildman–Crippen LogP) is 2.74. The fourth-order valence-electron chi connectivity index (χ4n) is 2.51. The quantitative estimate of drug-likeness (QED) is 0.557. The second-order valence-corrected chi connectivity index (χ2v) is 6.71. The van der Waals surface area contributed by atoms with Gasteiger partial charge in [-0.15, -0.1) is 10.2 Å². The minimum Gasteiger partial charge on any atom is -0.383 e. The molecule has 3 rings (SSSR count). The Morgan fingerprint density at radius 1 is 1.15 bits per heavy atom. The summed E-state index contributed by atoms with van der Waals surface area (Å²) in [4.78, 5) is 18.2. The Morgan fingerprint density at radius 3 is 2.59 bits per heavy atom. The van der Waals surface area contributed by atoms with Crippen LogP contribution in [0.2, 0.25) is 0 Å². The molecule has 0 bridgehead atoms. The molecule has 0 aliphatic rings. The van der Waals surface area contributed by atoms with Crippen LogP contribution in [0.3, 0.4) is 0 Å². The van der Waals surface area contributed by atoms with E-state index in [1.165, 1.54) is 11.8 Å². The molecular weight excluding hydrogens is 362 g/mol. The molecular formula is C19H21N5O2S. The Kier molecular flexibility index (Phi) is 6.56. The third-order valence-electron chi connectivity index (χ3n) is 4.02. The number of carbonyl (C=O) groups excluding carboxylic acids is 1. The van der Waals surface area contributed by atoms with E-state index in [1.807, 2.05) is 47.0 Å². The van der Waals surface area contributed by atoms with Crippen molar-refractivity contribution in [2.24, 2.45) is 0 Å². The Morgan fingerprint density at radius 2 is 1.89 bits per heavy atom. The highest BCUT2D eigenvalue weighted by Crippen LogP contribution is 2.24. The first kappa shape index (κ1) is 19.1. The van der Waals surface area contributed by atoms with Gasteiger partial charge in [0.2, 0.25) is 5.91 Å². The van der Waals surface area contributed by atoms with Crippen LogP contribution in [0.15, 0.2) is 60.0 Å². The van der Waals surface area contributed by atoms with Gasteiger partial charge < -0.3 is 9.64 Å². The lowest BCUT2D eigenvalue weighted by atomic mass is 10.2. The zero-order valence-electron chi connectivity index (χ0n) is 15.3. The molecule has 2 aromatic heterocycles. The zero-order valence-corrected chi connectivity index (χ0v) is 16.1. The van der Waals surface area contributed by atoms with Crippen molar-refractivity contribution in [3.05, 3.63) is 54.9 Å². The Labute approximate surface area is 162 Å². The monoisotopic (exact) mass is 383 g/mol. The number of thioether (sulfide) groups is 1. The van der Waals surface area contributed by atoms with Crippen LogP contribution >= 0.6 is 11.8 Å². The van der Waals surface area contributed by atoms with Crippen LogP contribution in [0.1, 0.15) is 0 Å². The number of hydrogen-bond donors (Lipinski definition) is 0. The van der Waals surface area contributed by atoms with E-state index in [1.54, 1.807) is 31.5 Å². The average molecular weight is 383 g/mol. The summed E-state index contributed by atoms with van der Waals surface area (Å²) in [5, 5.41) is 9.27. The lowest BCUT2D eigenvalue weighted by molar-refractivity contribution is -0.115. The largest absolute Gasteiger partial charge is 0.383 e. The number of para-hydroxylation sites is 1. The van der Waals surface area contributed by atoms with E-state index in [9.17, 15) is 4.79 Å². The number of hydrogen-bond acceptors (Lipinski definition) is 6. The van der Waals surface area contributed by atoms with E-state index in [0.717, 1.165) is 17.1 Å². The normalized spacial score (nSPS) is 10.7. The van der Waals surface area contributed by atoms with Gasteiger partial charge in [0.05, 0.1) is 18.9 Å². The van der Waals surface area contributed by atoms with Gasteiger partial charge in [0.25, 0.3) is 0 Å².